The van der Waals surface area contributed by atoms with E-state index in [-0.39, 0.29) is 10.8 Å². The number of nitrogens with zero attached hydrogens (tertiary/aromatic N) is 2. The molecule has 1 saturated carbocycles. The summed E-state index contributed by atoms with van der Waals surface area (Å²) in [5, 5.41) is 11.0. The molecule has 1 aliphatic rings. The SMILES string of the molecule is O=[N+]([O-])c1cc(Cl)nc(-c2cccc(OC3CC3)c2)c1. The Hall–Kier alpha value is -2.14. The number of pyridine rings is 1. The summed E-state index contributed by atoms with van der Waals surface area (Å²) in [6.07, 6.45) is 2.45. The summed E-state index contributed by atoms with van der Waals surface area (Å²) in [5.74, 6) is 0.745. The highest BCUT2D eigenvalue weighted by Crippen LogP contribution is 2.31. The first-order valence-electron chi connectivity index (χ1n) is 6.21. The van der Waals surface area contributed by atoms with E-state index in [1.807, 2.05) is 24.3 Å². The van der Waals surface area contributed by atoms with Crippen LogP contribution in [0.15, 0.2) is 36.4 Å². The zero-order chi connectivity index (χ0) is 14.1. The third-order valence-electron chi connectivity index (χ3n) is 2.95. The van der Waals surface area contributed by atoms with E-state index in [1.165, 1.54) is 12.1 Å². The molecule has 0 atom stereocenters. The van der Waals surface area contributed by atoms with E-state index in [9.17, 15) is 10.1 Å². The van der Waals surface area contributed by atoms with Gasteiger partial charge in [-0.15, -0.1) is 0 Å². The molecule has 2 aromatic rings. The summed E-state index contributed by atoms with van der Waals surface area (Å²) in [4.78, 5) is 14.5. The molecule has 1 aliphatic carbocycles. The highest BCUT2D eigenvalue weighted by molar-refractivity contribution is 6.29. The highest BCUT2D eigenvalue weighted by Gasteiger charge is 2.23. The van der Waals surface area contributed by atoms with Crippen molar-refractivity contribution in [3.05, 3.63) is 51.7 Å². The van der Waals surface area contributed by atoms with E-state index in [0.717, 1.165) is 24.2 Å². The van der Waals surface area contributed by atoms with Gasteiger partial charge < -0.3 is 4.74 Å². The van der Waals surface area contributed by atoms with Crippen LogP contribution in [-0.4, -0.2) is 16.0 Å². The summed E-state index contributed by atoms with van der Waals surface area (Å²) in [5.41, 5.74) is 1.13. The minimum Gasteiger partial charge on any atom is -0.490 e. The van der Waals surface area contributed by atoms with Gasteiger partial charge in [-0.3, -0.25) is 10.1 Å². The van der Waals surface area contributed by atoms with Gasteiger partial charge in [0.15, 0.2) is 0 Å². The van der Waals surface area contributed by atoms with Gasteiger partial charge >= 0.3 is 0 Å². The van der Waals surface area contributed by atoms with Crippen LogP contribution in [0.2, 0.25) is 5.15 Å². The van der Waals surface area contributed by atoms with E-state index in [0.29, 0.717) is 11.8 Å². The monoisotopic (exact) mass is 290 g/mol. The fourth-order valence-electron chi connectivity index (χ4n) is 1.84. The zero-order valence-electron chi connectivity index (χ0n) is 10.5. The van der Waals surface area contributed by atoms with Gasteiger partial charge in [0, 0.05) is 11.6 Å². The minimum atomic E-state index is -0.485. The summed E-state index contributed by atoms with van der Waals surface area (Å²) < 4.78 is 5.70. The number of hydrogen-bond acceptors (Lipinski definition) is 4. The number of ether oxygens (including phenoxy) is 1. The zero-order valence-corrected chi connectivity index (χ0v) is 11.2. The molecule has 6 heteroatoms. The molecule has 0 unspecified atom stereocenters. The standard InChI is InChI=1S/C14H11ClN2O3/c15-14-8-10(17(18)19)7-13(16-14)9-2-1-3-12(6-9)20-11-4-5-11/h1-3,6-8,11H,4-5H2. The second-order valence-corrected chi connectivity index (χ2v) is 5.02. The Kier molecular flexibility index (Phi) is 3.28. The van der Waals surface area contributed by atoms with Gasteiger partial charge in [-0.1, -0.05) is 23.7 Å². The van der Waals surface area contributed by atoms with Crippen LogP contribution in [0.5, 0.6) is 5.75 Å². The van der Waals surface area contributed by atoms with Crippen LogP contribution in [0.4, 0.5) is 5.69 Å². The van der Waals surface area contributed by atoms with E-state index in [2.05, 4.69) is 4.98 Å². The summed E-state index contributed by atoms with van der Waals surface area (Å²) in [6, 6.07) is 9.98. The maximum atomic E-state index is 10.9. The maximum Gasteiger partial charge on any atom is 0.274 e. The van der Waals surface area contributed by atoms with Crippen LogP contribution < -0.4 is 4.74 Å². The quantitative estimate of drug-likeness (QED) is 0.487. The predicted octanol–water partition coefficient (Wildman–Crippen LogP) is 3.85. The molecule has 0 N–H and O–H groups in total. The molecule has 20 heavy (non-hydrogen) atoms. The molecule has 0 spiro atoms. The molecular weight excluding hydrogens is 280 g/mol. The first kappa shape index (κ1) is 12.9. The van der Waals surface area contributed by atoms with Crippen LogP contribution in [0.3, 0.4) is 0 Å². The molecule has 0 aliphatic heterocycles. The highest BCUT2D eigenvalue weighted by atomic mass is 35.5. The largest absolute Gasteiger partial charge is 0.490 e. The summed E-state index contributed by atoms with van der Waals surface area (Å²) >= 11 is 5.83. The topological polar surface area (TPSA) is 65.3 Å². The average Bonchev–Trinajstić information content (AvgIpc) is 3.22. The lowest BCUT2D eigenvalue weighted by molar-refractivity contribution is -0.384. The Bertz CT molecular complexity index is 671. The van der Waals surface area contributed by atoms with Crippen molar-refractivity contribution in [2.24, 2.45) is 0 Å². The number of halogens is 1. The number of hydrogen-bond donors (Lipinski definition) is 0. The Morgan fingerprint density at radius 1 is 1.30 bits per heavy atom. The van der Waals surface area contributed by atoms with Crippen LogP contribution in [0.25, 0.3) is 11.3 Å². The molecule has 0 amide bonds. The van der Waals surface area contributed by atoms with Gasteiger partial charge in [-0.05, 0) is 25.0 Å². The molecule has 0 radical (unpaired) electrons. The predicted molar refractivity (Wildman–Crippen MR) is 75.0 cm³/mol. The van der Waals surface area contributed by atoms with E-state index >= 15 is 0 Å². The van der Waals surface area contributed by atoms with Crippen molar-refractivity contribution in [2.75, 3.05) is 0 Å². The third kappa shape index (κ3) is 2.88. The van der Waals surface area contributed by atoms with Crippen LogP contribution in [-0.2, 0) is 0 Å². The summed E-state index contributed by atoms with van der Waals surface area (Å²) in [6.45, 7) is 0. The van der Waals surface area contributed by atoms with Crippen molar-refractivity contribution in [1.82, 2.24) is 4.98 Å². The number of aromatic nitrogens is 1. The van der Waals surface area contributed by atoms with Gasteiger partial charge in [0.05, 0.1) is 22.8 Å². The Morgan fingerprint density at radius 2 is 2.10 bits per heavy atom. The van der Waals surface area contributed by atoms with Crippen molar-refractivity contribution < 1.29 is 9.66 Å². The van der Waals surface area contributed by atoms with Gasteiger partial charge in [-0.2, -0.15) is 0 Å². The summed E-state index contributed by atoms with van der Waals surface area (Å²) in [7, 11) is 0. The van der Waals surface area contributed by atoms with Gasteiger partial charge in [0.25, 0.3) is 5.69 Å². The lowest BCUT2D eigenvalue weighted by Gasteiger charge is -2.07. The number of nitro groups is 1. The smallest absolute Gasteiger partial charge is 0.274 e. The van der Waals surface area contributed by atoms with E-state index < -0.39 is 4.92 Å². The average molecular weight is 291 g/mol. The van der Waals surface area contributed by atoms with Crippen molar-refractivity contribution >= 4 is 17.3 Å². The van der Waals surface area contributed by atoms with Crippen molar-refractivity contribution in [3.8, 4) is 17.0 Å². The van der Waals surface area contributed by atoms with Crippen LogP contribution in [0.1, 0.15) is 12.8 Å². The molecular formula is C14H11ClN2O3. The van der Waals surface area contributed by atoms with Crippen LogP contribution >= 0.6 is 11.6 Å². The lowest BCUT2D eigenvalue weighted by atomic mass is 10.1. The Morgan fingerprint density at radius 3 is 2.80 bits per heavy atom. The molecule has 1 heterocycles. The molecule has 3 rings (SSSR count). The van der Waals surface area contributed by atoms with Crippen molar-refractivity contribution in [2.45, 2.75) is 18.9 Å². The minimum absolute atomic E-state index is 0.0754. The maximum absolute atomic E-state index is 10.9. The van der Waals surface area contributed by atoms with E-state index in [4.69, 9.17) is 16.3 Å². The van der Waals surface area contributed by atoms with Gasteiger partial charge in [0.2, 0.25) is 0 Å². The molecule has 1 aromatic heterocycles. The second-order valence-electron chi connectivity index (χ2n) is 4.64. The molecule has 102 valence electrons. The Balaban J connectivity index is 1.96. The van der Waals surface area contributed by atoms with Crippen LogP contribution in [0, 0.1) is 10.1 Å². The third-order valence-corrected chi connectivity index (χ3v) is 3.14. The fraction of sp³-hybridized carbons (Fsp3) is 0.214. The number of benzene rings is 1. The Labute approximate surface area is 120 Å². The molecule has 5 nitrogen and oxygen atoms in total. The molecule has 0 saturated heterocycles. The lowest BCUT2D eigenvalue weighted by Crippen LogP contribution is -1.96. The molecule has 0 bridgehead atoms. The fourth-order valence-corrected chi connectivity index (χ4v) is 2.05. The first-order valence-corrected chi connectivity index (χ1v) is 6.59. The van der Waals surface area contributed by atoms with Crippen molar-refractivity contribution in [3.63, 3.8) is 0 Å². The second kappa shape index (κ2) is 5.09. The molecule has 1 fully saturated rings. The molecule has 1 aromatic carbocycles. The van der Waals surface area contributed by atoms with Crippen molar-refractivity contribution in [1.29, 1.82) is 0 Å². The van der Waals surface area contributed by atoms with Gasteiger partial charge in [0.1, 0.15) is 10.9 Å². The first-order chi connectivity index (χ1) is 9.61. The van der Waals surface area contributed by atoms with E-state index in [1.54, 1.807) is 0 Å². The van der Waals surface area contributed by atoms with Gasteiger partial charge in [-0.25, -0.2) is 4.98 Å². The number of rotatable bonds is 4. The normalized spacial score (nSPS) is 14.1.